The fourth-order valence-electron chi connectivity index (χ4n) is 1.24. The molecule has 0 amide bonds. The molecule has 1 aliphatic rings. The van der Waals surface area contributed by atoms with Crippen LogP contribution < -0.4 is 5.73 Å². The van der Waals surface area contributed by atoms with Crippen molar-refractivity contribution in [2.24, 2.45) is 11.7 Å². The van der Waals surface area contributed by atoms with Crippen molar-refractivity contribution in [3.63, 3.8) is 0 Å². The number of hydrogen-bond acceptors (Lipinski definition) is 4. The lowest BCUT2D eigenvalue weighted by Gasteiger charge is -2.24. The van der Waals surface area contributed by atoms with Gasteiger partial charge in [-0.1, -0.05) is 0 Å². The van der Waals surface area contributed by atoms with Crippen molar-refractivity contribution in [1.82, 2.24) is 0 Å². The fraction of sp³-hybridized carbons (Fsp3) is 0.778. The van der Waals surface area contributed by atoms with Crippen molar-refractivity contribution < 1.29 is 24.5 Å². The lowest BCUT2D eigenvalue weighted by atomic mass is 9.94. The summed E-state index contributed by atoms with van der Waals surface area (Å²) in [6.45, 7) is 3.90. The van der Waals surface area contributed by atoms with E-state index < -0.39 is 11.9 Å². The van der Waals surface area contributed by atoms with Crippen LogP contribution in [0.3, 0.4) is 0 Å². The van der Waals surface area contributed by atoms with E-state index in [4.69, 9.17) is 30.3 Å². The molecule has 88 valence electrons. The Morgan fingerprint density at radius 1 is 1.27 bits per heavy atom. The van der Waals surface area contributed by atoms with Gasteiger partial charge in [-0.05, 0) is 25.7 Å². The zero-order chi connectivity index (χ0) is 11.8. The van der Waals surface area contributed by atoms with E-state index in [0.717, 1.165) is 26.1 Å². The molecule has 1 heterocycles. The molecular weight excluding hydrogens is 202 g/mol. The van der Waals surface area contributed by atoms with E-state index >= 15 is 0 Å². The summed E-state index contributed by atoms with van der Waals surface area (Å²) in [4.78, 5) is 18.2. The molecule has 4 N–H and O–H groups in total. The van der Waals surface area contributed by atoms with Crippen molar-refractivity contribution in [3.8, 4) is 0 Å². The summed E-state index contributed by atoms with van der Waals surface area (Å²) in [7, 11) is 0. The molecule has 0 radical (unpaired) electrons. The standard InChI is InChI=1S/C7H15NO.C2H2O4/c1-6(8)7-2-4-9-5-3-7;3-1(4)2(5)6/h6-7H,2-5,8H2,1H3;(H,3,4)(H,5,6)/t6-;/m0./s1. The molecule has 1 rings (SSSR count). The van der Waals surface area contributed by atoms with Crippen LogP contribution in [0.4, 0.5) is 0 Å². The highest BCUT2D eigenvalue weighted by molar-refractivity contribution is 6.27. The summed E-state index contributed by atoms with van der Waals surface area (Å²) in [6.07, 6.45) is 2.30. The van der Waals surface area contributed by atoms with Gasteiger partial charge in [0.15, 0.2) is 0 Å². The maximum atomic E-state index is 9.10. The predicted molar refractivity (Wildman–Crippen MR) is 52.5 cm³/mol. The molecular formula is C9H17NO5. The van der Waals surface area contributed by atoms with E-state index in [-0.39, 0.29) is 0 Å². The third kappa shape index (κ3) is 6.87. The molecule has 0 saturated carbocycles. The monoisotopic (exact) mass is 219 g/mol. The van der Waals surface area contributed by atoms with Gasteiger partial charge in [0, 0.05) is 19.3 Å². The van der Waals surface area contributed by atoms with Crippen LogP contribution >= 0.6 is 0 Å². The first kappa shape index (κ1) is 13.9. The number of aliphatic carboxylic acids is 2. The minimum absolute atomic E-state index is 0.355. The van der Waals surface area contributed by atoms with Gasteiger partial charge in [-0.3, -0.25) is 0 Å². The van der Waals surface area contributed by atoms with Gasteiger partial charge in [-0.25, -0.2) is 9.59 Å². The van der Waals surface area contributed by atoms with Crippen molar-refractivity contribution in [3.05, 3.63) is 0 Å². The molecule has 0 aromatic heterocycles. The molecule has 1 aliphatic heterocycles. The summed E-state index contributed by atoms with van der Waals surface area (Å²) in [6, 6.07) is 0.355. The lowest BCUT2D eigenvalue weighted by Crippen LogP contribution is -2.31. The van der Waals surface area contributed by atoms with Crippen LogP contribution in [-0.2, 0) is 14.3 Å². The topological polar surface area (TPSA) is 110 Å². The summed E-state index contributed by atoms with van der Waals surface area (Å²) >= 11 is 0. The average molecular weight is 219 g/mol. The maximum absolute atomic E-state index is 9.10. The van der Waals surface area contributed by atoms with Crippen LogP contribution in [0.2, 0.25) is 0 Å². The molecule has 1 saturated heterocycles. The van der Waals surface area contributed by atoms with Gasteiger partial charge in [0.1, 0.15) is 0 Å². The lowest BCUT2D eigenvalue weighted by molar-refractivity contribution is -0.159. The van der Waals surface area contributed by atoms with Gasteiger partial charge in [0.25, 0.3) is 0 Å². The van der Waals surface area contributed by atoms with Crippen molar-refractivity contribution >= 4 is 11.9 Å². The SMILES string of the molecule is C[C@H](N)C1CCOCC1.O=C(O)C(=O)O. The van der Waals surface area contributed by atoms with Gasteiger partial charge in [-0.2, -0.15) is 0 Å². The highest BCUT2D eigenvalue weighted by atomic mass is 16.5. The Morgan fingerprint density at radius 2 is 1.67 bits per heavy atom. The molecule has 15 heavy (non-hydrogen) atoms. The number of carboxylic acids is 2. The molecule has 0 bridgehead atoms. The van der Waals surface area contributed by atoms with Crippen LogP contribution in [0.25, 0.3) is 0 Å². The molecule has 6 nitrogen and oxygen atoms in total. The van der Waals surface area contributed by atoms with Gasteiger partial charge in [-0.15, -0.1) is 0 Å². The van der Waals surface area contributed by atoms with Crippen LogP contribution in [0.1, 0.15) is 19.8 Å². The zero-order valence-electron chi connectivity index (χ0n) is 8.68. The van der Waals surface area contributed by atoms with Crippen molar-refractivity contribution in [2.45, 2.75) is 25.8 Å². The Bertz CT molecular complexity index is 199. The largest absolute Gasteiger partial charge is 0.473 e. The summed E-state index contributed by atoms with van der Waals surface area (Å²) < 4.78 is 5.19. The molecule has 1 atom stereocenters. The van der Waals surface area contributed by atoms with Gasteiger partial charge in [0.2, 0.25) is 0 Å². The van der Waals surface area contributed by atoms with E-state index in [2.05, 4.69) is 6.92 Å². The smallest absolute Gasteiger partial charge is 0.414 e. The molecule has 0 aromatic carbocycles. The van der Waals surface area contributed by atoms with Crippen molar-refractivity contribution in [2.75, 3.05) is 13.2 Å². The van der Waals surface area contributed by atoms with Crippen LogP contribution in [0.5, 0.6) is 0 Å². The zero-order valence-corrected chi connectivity index (χ0v) is 8.68. The minimum atomic E-state index is -1.82. The Labute approximate surface area is 88.0 Å². The number of ether oxygens (including phenoxy) is 1. The molecule has 6 heteroatoms. The van der Waals surface area contributed by atoms with E-state index in [0.29, 0.717) is 12.0 Å². The quantitative estimate of drug-likeness (QED) is 0.532. The molecule has 0 aromatic rings. The van der Waals surface area contributed by atoms with E-state index in [9.17, 15) is 0 Å². The second-order valence-electron chi connectivity index (χ2n) is 3.42. The maximum Gasteiger partial charge on any atom is 0.414 e. The Hall–Kier alpha value is -1.14. The van der Waals surface area contributed by atoms with Crippen molar-refractivity contribution in [1.29, 1.82) is 0 Å². The second kappa shape index (κ2) is 7.19. The van der Waals surface area contributed by atoms with Crippen LogP contribution in [0, 0.1) is 5.92 Å². The third-order valence-corrected chi connectivity index (χ3v) is 2.19. The minimum Gasteiger partial charge on any atom is -0.473 e. The summed E-state index contributed by atoms with van der Waals surface area (Å²) in [5, 5.41) is 14.8. The number of nitrogens with two attached hydrogens (primary N) is 1. The Morgan fingerprint density at radius 3 is 1.87 bits per heavy atom. The molecule has 1 fully saturated rings. The summed E-state index contributed by atoms with van der Waals surface area (Å²) in [5.41, 5.74) is 5.71. The second-order valence-corrected chi connectivity index (χ2v) is 3.42. The Balaban J connectivity index is 0.000000288. The van der Waals surface area contributed by atoms with Gasteiger partial charge < -0.3 is 20.7 Å². The van der Waals surface area contributed by atoms with E-state index in [1.54, 1.807) is 0 Å². The highest BCUT2D eigenvalue weighted by Crippen LogP contribution is 2.16. The van der Waals surface area contributed by atoms with Gasteiger partial charge >= 0.3 is 11.9 Å². The summed E-state index contributed by atoms with van der Waals surface area (Å²) in [5.74, 6) is -2.94. The van der Waals surface area contributed by atoms with Gasteiger partial charge in [0.05, 0.1) is 0 Å². The first-order chi connectivity index (χ1) is 6.95. The normalized spacial score (nSPS) is 18.5. The number of carbonyl (C=O) groups is 2. The average Bonchev–Trinajstić information content (AvgIpc) is 2.20. The number of rotatable bonds is 1. The fourth-order valence-corrected chi connectivity index (χ4v) is 1.24. The number of hydrogen-bond donors (Lipinski definition) is 3. The van der Waals surface area contributed by atoms with Crippen LogP contribution in [-0.4, -0.2) is 41.4 Å². The first-order valence-electron chi connectivity index (χ1n) is 4.74. The third-order valence-electron chi connectivity index (χ3n) is 2.19. The Kier molecular flexibility index (Phi) is 6.64. The number of carboxylic acid groups (broad SMARTS) is 2. The van der Waals surface area contributed by atoms with E-state index in [1.165, 1.54) is 0 Å². The highest BCUT2D eigenvalue weighted by Gasteiger charge is 2.16. The first-order valence-corrected chi connectivity index (χ1v) is 4.74. The molecule has 0 unspecified atom stereocenters. The van der Waals surface area contributed by atoms with E-state index in [1.807, 2.05) is 0 Å². The predicted octanol–water partition coefficient (Wildman–Crippen LogP) is -0.0842. The molecule has 0 spiro atoms. The van der Waals surface area contributed by atoms with Crippen LogP contribution in [0.15, 0.2) is 0 Å². The molecule has 0 aliphatic carbocycles.